The van der Waals surface area contributed by atoms with Crippen molar-refractivity contribution in [3.8, 4) is 27.9 Å². The van der Waals surface area contributed by atoms with Gasteiger partial charge in [0.1, 0.15) is 0 Å². The predicted molar refractivity (Wildman–Crippen MR) is 237 cm³/mol. The molecule has 0 unspecified atom stereocenters. The van der Waals surface area contributed by atoms with E-state index in [9.17, 15) is 0 Å². The van der Waals surface area contributed by atoms with E-state index in [2.05, 4.69) is 216 Å². The molecule has 2 heterocycles. The van der Waals surface area contributed by atoms with Crippen LogP contribution in [0.2, 0.25) is 0 Å². The number of nitrogens with zero attached hydrogens (tertiary/aromatic N) is 2. The number of aromatic nitrogens is 1. The number of hydrogen-bond acceptors (Lipinski definition) is 2. The van der Waals surface area contributed by atoms with E-state index in [1.807, 2.05) is 11.3 Å². The Morgan fingerprint density at radius 3 is 1.82 bits per heavy atom. The van der Waals surface area contributed by atoms with Gasteiger partial charge in [-0.15, -0.1) is 11.3 Å². The molecule has 0 bridgehead atoms. The Hall–Kier alpha value is -6.94. The molecule has 2 nitrogen and oxygen atoms in total. The van der Waals surface area contributed by atoms with Gasteiger partial charge < -0.3 is 9.47 Å². The maximum Gasteiger partial charge on any atom is 0.0547 e. The highest BCUT2D eigenvalue weighted by Gasteiger charge is 2.23. The summed E-state index contributed by atoms with van der Waals surface area (Å²) < 4.78 is 5.04. The zero-order valence-electron chi connectivity index (χ0n) is 29.9. The predicted octanol–water partition coefficient (Wildman–Crippen LogP) is 15.1. The van der Waals surface area contributed by atoms with Crippen LogP contribution < -0.4 is 4.90 Å². The zero-order chi connectivity index (χ0) is 36.3. The molecule has 0 saturated heterocycles. The average Bonchev–Trinajstić information content (AvgIpc) is 3.79. The maximum atomic E-state index is 2.47. The molecule has 0 N–H and O–H groups in total. The van der Waals surface area contributed by atoms with E-state index in [0.29, 0.717) is 0 Å². The molecular formula is C52H34N2S. The monoisotopic (exact) mass is 718 g/mol. The minimum Gasteiger partial charge on any atom is -0.310 e. The van der Waals surface area contributed by atoms with E-state index >= 15 is 0 Å². The fraction of sp³-hybridized carbons (Fsp3) is 0. The average molecular weight is 719 g/mol. The van der Waals surface area contributed by atoms with Gasteiger partial charge in [0.05, 0.1) is 22.4 Å². The normalized spacial score (nSPS) is 11.6. The summed E-state index contributed by atoms with van der Waals surface area (Å²) in [7, 11) is 0. The first-order valence-corrected chi connectivity index (χ1v) is 19.6. The molecule has 3 heteroatoms. The number of rotatable bonds is 6. The largest absolute Gasteiger partial charge is 0.310 e. The molecular weight excluding hydrogens is 685 g/mol. The highest BCUT2D eigenvalue weighted by molar-refractivity contribution is 7.25. The van der Waals surface area contributed by atoms with Crippen molar-refractivity contribution in [3.63, 3.8) is 0 Å². The Morgan fingerprint density at radius 2 is 1.00 bits per heavy atom. The van der Waals surface area contributed by atoms with Crippen LogP contribution in [0.1, 0.15) is 0 Å². The minimum absolute atomic E-state index is 1.10. The summed E-state index contributed by atoms with van der Waals surface area (Å²) in [5.41, 5.74) is 11.6. The molecule has 2 aromatic heterocycles. The van der Waals surface area contributed by atoms with Gasteiger partial charge in [-0.05, 0) is 76.5 Å². The smallest absolute Gasteiger partial charge is 0.0547 e. The molecule has 0 saturated carbocycles. The third-order valence-corrected chi connectivity index (χ3v) is 12.1. The first-order chi connectivity index (χ1) is 27.3. The second-order valence-electron chi connectivity index (χ2n) is 14.1. The fourth-order valence-electron chi connectivity index (χ4n) is 8.53. The van der Waals surface area contributed by atoms with Gasteiger partial charge in [0.2, 0.25) is 0 Å². The number of hydrogen-bond donors (Lipinski definition) is 0. The van der Waals surface area contributed by atoms with Crippen LogP contribution in [0.5, 0.6) is 0 Å². The van der Waals surface area contributed by atoms with E-state index in [1.165, 1.54) is 69.4 Å². The van der Waals surface area contributed by atoms with Crippen LogP contribution >= 0.6 is 11.3 Å². The lowest BCUT2D eigenvalue weighted by atomic mass is 9.93. The SMILES string of the molecule is c1ccc(-c2cccc(N(c3ccc4c(c3)sc3ccccc34)c3ccccc3-c3c(-n4c5ccccc5c5ccccc54)ccc4ccccc34)c2)cc1. The van der Waals surface area contributed by atoms with Crippen molar-refractivity contribution in [3.05, 3.63) is 206 Å². The fourth-order valence-corrected chi connectivity index (χ4v) is 9.67. The quantitative estimate of drug-likeness (QED) is 0.166. The number of benzene rings is 9. The Labute approximate surface area is 323 Å². The molecule has 258 valence electrons. The summed E-state index contributed by atoms with van der Waals surface area (Å²) >= 11 is 1.86. The number of thiophene rings is 1. The second kappa shape index (κ2) is 12.9. The van der Waals surface area contributed by atoms with E-state index in [-0.39, 0.29) is 0 Å². The highest BCUT2D eigenvalue weighted by Crippen LogP contribution is 2.48. The van der Waals surface area contributed by atoms with E-state index in [0.717, 1.165) is 28.3 Å². The van der Waals surface area contributed by atoms with Crippen LogP contribution in [0, 0.1) is 0 Å². The minimum atomic E-state index is 1.10. The van der Waals surface area contributed by atoms with Crippen LogP contribution in [0.4, 0.5) is 17.1 Å². The van der Waals surface area contributed by atoms with Gasteiger partial charge in [0.25, 0.3) is 0 Å². The van der Waals surface area contributed by atoms with Gasteiger partial charge in [-0.25, -0.2) is 0 Å². The number of fused-ring (bicyclic) bond motifs is 7. The molecule has 0 aliphatic heterocycles. The van der Waals surface area contributed by atoms with Crippen molar-refractivity contribution < 1.29 is 0 Å². The van der Waals surface area contributed by atoms with Crippen molar-refractivity contribution in [2.45, 2.75) is 0 Å². The summed E-state index contributed by atoms with van der Waals surface area (Å²) in [6.07, 6.45) is 0. The molecule has 0 spiro atoms. The lowest BCUT2D eigenvalue weighted by molar-refractivity contribution is 1.18. The first kappa shape index (κ1) is 31.6. The van der Waals surface area contributed by atoms with E-state index in [1.54, 1.807) is 0 Å². The molecule has 0 amide bonds. The number of anilines is 3. The van der Waals surface area contributed by atoms with E-state index < -0.39 is 0 Å². The molecule has 0 atom stereocenters. The summed E-state index contributed by atoms with van der Waals surface area (Å²) in [4.78, 5) is 2.46. The maximum absolute atomic E-state index is 2.47. The third-order valence-electron chi connectivity index (χ3n) is 11.0. The highest BCUT2D eigenvalue weighted by atomic mass is 32.1. The van der Waals surface area contributed by atoms with Gasteiger partial charge in [-0.3, -0.25) is 0 Å². The number of para-hydroxylation sites is 3. The lowest BCUT2D eigenvalue weighted by Gasteiger charge is -2.29. The standard InChI is InChI=1S/C52H34N2S/c1-2-15-35(16-3-1)37-18-14-19-38(33-37)53(39-30-31-44-43-23-9-13-28-50(43)55-51(44)34-39)48-27-12-8-24-45(48)52-40-20-5-4-17-36(40)29-32-49(52)54-46-25-10-6-21-41(46)42-22-7-11-26-47(42)54/h1-34H. The van der Waals surface area contributed by atoms with Crippen LogP contribution in [-0.4, -0.2) is 4.57 Å². The second-order valence-corrected chi connectivity index (χ2v) is 15.2. The van der Waals surface area contributed by atoms with Crippen molar-refractivity contribution in [2.75, 3.05) is 4.90 Å². The van der Waals surface area contributed by atoms with Crippen molar-refractivity contribution in [2.24, 2.45) is 0 Å². The van der Waals surface area contributed by atoms with Crippen LogP contribution in [0.15, 0.2) is 206 Å². The zero-order valence-corrected chi connectivity index (χ0v) is 30.7. The van der Waals surface area contributed by atoms with Crippen LogP contribution in [0.3, 0.4) is 0 Å². The third kappa shape index (κ3) is 5.16. The molecule has 0 aliphatic carbocycles. The lowest BCUT2D eigenvalue weighted by Crippen LogP contribution is -2.12. The summed E-state index contributed by atoms with van der Waals surface area (Å²) in [6.45, 7) is 0. The van der Waals surface area contributed by atoms with Crippen LogP contribution in [-0.2, 0) is 0 Å². The van der Waals surface area contributed by atoms with Crippen molar-refractivity contribution >= 4 is 81.1 Å². The Bertz CT molecular complexity index is 3170. The molecule has 0 radical (unpaired) electrons. The molecule has 11 rings (SSSR count). The van der Waals surface area contributed by atoms with Gasteiger partial charge in [0.15, 0.2) is 0 Å². The van der Waals surface area contributed by atoms with Gasteiger partial charge >= 0.3 is 0 Å². The molecule has 0 aliphatic rings. The van der Waals surface area contributed by atoms with Gasteiger partial charge in [0, 0.05) is 53.4 Å². The van der Waals surface area contributed by atoms with Crippen molar-refractivity contribution in [1.82, 2.24) is 4.57 Å². The molecule has 55 heavy (non-hydrogen) atoms. The Morgan fingerprint density at radius 1 is 0.382 bits per heavy atom. The molecule has 11 aromatic rings. The first-order valence-electron chi connectivity index (χ1n) is 18.8. The summed E-state index contributed by atoms with van der Waals surface area (Å²) in [5.74, 6) is 0. The molecule has 9 aromatic carbocycles. The summed E-state index contributed by atoms with van der Waals surface area (Å²) in [5, 5.41) is 7.52. The van der Waals surface area contributed by atoms with E-state index in [4.69, 9.17) is 0 Å². The Kier molecular flexibility index (Phi) is 7.39. The van der Waals surface area contributed by atoms with Gasteiger partial charge in [-0.1, -0.05) is 152 Å². The summed E-state index contributed by atoms with van der Waals surface area (Å²) in [6, 6.07) is 75.3. The van der Waals surface area contributed by atoms with Crippen molar-refractivity contribution in [1.29, 1.82) is 0 Å². The Balaban J connectivity index is 1.21. The van der Waals surface area contributed by atoms with Gasteiger partial charge in [-0.2, -0.15) is 0 Å². The topological polar surface area (TPSA) is 8.17 Å². The van der Waals surface area contributed by atoms with Crippen LogP contribution in [0.25, 0.3) is 80.7 Å². The molecule has 0 fully saturated rings.